The van der Waals surface area contributed by atoms with E-state index in [0.717, 1.165) is 31.5 Å². The van der Waals surface area contributed by atoms with E-state index in [9.17, 15) is 0 Å². The summed E-state index contributed by atoms with van der Waals surface area (Å²) in [5, 5.41) is 7.34. The van der Waals surface area contributed by atoms with Gasteiger partial charge in [0.05, 0.1) is 0 Å². The zero-order valence-electron chi connectivity index (χ0n) is 11.0. The number of nitrogens with one attached hydrogen (secondary N) is 1. The highest BCUT2D eigenvalue weighted by atomic mass is 16.5. The molecule has 0 bridgehead atoms. The van der Waals surface area contributed by atoms with Crippen LogP contribution in [0, 0.1) is 0 Å². The minimum Gasteiger partial charge on any atom is -0.349 e. The number of anilines is 1. The average Bonchev–Trinajstić information content (AvgIpc) is 2.91. The van der Waals surface area contributed by atoms with Crippen molar-refractivity contribution >= 4 is 5.95 Å². The maximum atomic E-state index is 5.28. The Labute approximate surface area is 112 Å². The van der Waals surface area contributed by atoms with Crippen LogP contribution in [0.3, 0.4) is 0 Å². The fraction of sp³-hybridized carbons (Fsp3) is 0.429. The Bertz CT molecular complexity index is 517. The number of piperidine rings is 1. The van der Waals surface area contributed by atoms with Gasteiger partial charge < -0.3 is 14.7 Å². The van der Waals surface area contributed by atoms with Gasteiger partial charge in [0.15, 0.2) is 0 Å². The summed E-state index contributed by atoms with van der Waals surface area (Å²) < 4.78 is 5.28. The molecule has 1 aliphatic heterocycles. The second kappa shape index (κ2) is 5.40. The topological polar surface area (TPSA) is 54.2 Å². The second-order valence-electron chi connectivity index (χ2n) is 5.01. The molecule has 0 radical (unpaired) electrons. The van der Waals surface area contributed by atoms with Crippen LogP contribution < -0.4 is 5.32 Å². The summed E-state index contributed by atoms with van der Waals surface area (Å²) in [7, 11) is 2.15. The van der Waals surface area contributed by atoms with E-state index in [1.807, 2.05) is 30.3 Å². The van der Waals surface area contributed by atoms with Crippen LogP contribution in [0.5, 0.6) is 0 Å². The highest BCUT2D eigenvalue weighted by Crippen LogP contribution is 2.19. The quantitative estimate of drug-likeness (QED) is 0.915. The summed E-state index contributed by atoms with van der Waals surface area (Å²) in [5.74, 6) is 1.16. The molecule has 1 aromatic heterocycles. The monoisotopic (exact) mass is 258 g/mol. The van der Waals surface area contributed by atoms with Crippen molar-refractivity contribution in [1.82, 2.24) is 15.0 Å². The van der Waals surface area contributed by atoms with E-state index in [4.69, 9.17) is 4.52 Å². The van der Waals surface area contributed by atoms with Crippen LogP contribution in [0.4, 0.5) is 5.95 Å². The summed E-state index contributed by atoms with van der Waals surface area (Å²) in [6, 6.07) is 10.3. The summed E-state index contributed by atoms with van der Waals surface area (Å²) in [6.45, 7) is 2.22. The molecule has 1 aromatic carbocycles. The van der Waals surface area contributed by atoms with Gasteiger partial charge in [-0.25, -0.2) is 0 Å². The van der Waals surface area contributed by atoms with Crippen molar-refractivity contribution in [3.8, 4) is 11.5 Å². The maximum Gasteiger partial charge on any atom is 0.263 e. The van der Waals surface area contributed by atoms with Gasteiger partial charge in [-0.2, -0.15) is 4.98 Å². The van der Waals surface area contributed by atoms with Crippen LogP contribution in [0.1, 0.15) is 12.8 Å². The van der Waals surface area contributed by atoms with Gasteiger partial charge in [0.25, 0.3) is 11.8 Å². The third-order valence-corrected chi connectivity index (χ3v) is 3.50. The molecule has 3 rings (SSSR count). The normalized spacial score (nSPS) is 17.5. The number of benzene rings is 1. The van der Waals surface area contributed by atoms with Gasteiger partial charge in [-0.1, -0.05) is 18.2 Å². The summed E-state index contributed by atoms with van der Waals surface area (Å²) in [5.41, 5.74) is 0.950. The Morgan fingerprint density at radius 2 is 1.95 bits per heavy atom. The van der Waals surface area contributed by atoms with Gasteiger partial charge in [0, 0.05) is 11.6 Å². The Morgan fingerprint density at radius 1 is 1.21 bits per heavy atom. The summed E-state index contributed by atoms with van der Waals surface area (Å²) in [4.78, 5) is 6.73. The van der Waals surface area contributed by atoms with Gasteiger partial charge in [0.2, 0.25) is 0 Å². The number of rotatable bonds is 3. The van der Waals surface area contributed by atoms with E-state index < -0.39 is 0 Å². The summed E-state index contributed by atoms with van der Waals surface area (Å²) >= 11 is 0. The average molecular weight is 258 g/mol. The predicted molar refractivity (Wildman–Crippen MR) is 73.9 cm³/mol. The van der Waals surface area contributed by atoms with Gasteiger partial charge in [-0.3, -0.25) is 0 Å². The molecule has 5 nitrogen and oxygen atoms in total. The largest absolute Gasteiger partial charge is 0.349 e. The lowest BCUT2D eigenvalue weighted by atomic mass is 10.1. The Hall–Kier alpha value is -1.88. The first-order chi connectivity index (χ1) is 9.31. The first kappa shape index (κ1) is 12.2. The van der Waals surface area contributed by atoms with Gasteiger partial charge in [-0.05, 0) is 50.3 Å². The van der Waals surface area contributed by atoms with Crippen molar-refractivity contribution in [2.75, 3.05) is 25.5 Å². The van der Waals surface area contributed by atoms with Crippen LogP contribution in [-0.4, -0.2) is 41.2 Å². The number of nitrogens with zero attached hydrogens (tertiary/aromatic N) is 3. The zero-order chi connectivity index (χ0) is 13.1. The maximum absolute atomic E-state index is 5.28. The van der Waals surface area contributed by atoms with Crippen molar-refractivity contribution in [1.29, 1.82) is 0 Å². The minimum atomic E-state index is 0.442. The van der Waals surface area contributed by atoms with Crippen LogP contribution in [0.15, 0.2) is 34.9 Å². The molecule has 0 spiro atoms. The zero-order valence-corrected chi connectivity index (χ0v) is 11.0. The standard InChI is InChI=1S/C14H18N4O/c1-18-9-7-12(8-10-18)15-14-16-13(19-17-14)11-5-3-2-4-6-11/h2-6,12H,7-10H2,1H3,(H,15,17). The Morgan fingerprint density at radius 3 is 2.68 bits per heavy atom. The minimum absolute atomic E-state index is 0.442. The molecule has 1 N–H and O–H groups in total. The first-order valence-electron chi connectivity index (χ1n) is 6.65. The molecule has 0 saturated carbocycles. The molecule has 1 aliphatic rings. The lowest BCUT2D eigenvalue weighted by molar-refractivity contribution is 0.263. The van der Waals surface area contributed by atoms with Crippen molar-refractivity contribution < 1.29 is 4.52 Å². The lowest BCUT2D eigenvalue weighted by Gasteiger charge is -2.28. The Kier molecular flexibility index (Phi) is 3.46. The van der Waals surface area contributed by atoms with E-state index in [0.29, 0.717) is 17.9 Å². The molecule has 5 heteroatoms. The molecule has 2 heterocycles. The first-order valence-corrected chi connectivity index (χ1v) is 6.65. The van der Waals surface area contributed by atoms with E-state index in [1.165, 1.54) is 0 Å². The molecule has 1 fully saturated rings. The molecular formula is C14H18N4O. The molecule has 0 atom stereocenters. The predicted octanol–water partition coefficient (Wildman–Crippen LogP) is 2.24. The molecular weight excluding hydrogens is 240 g/mol. The molecule has 0 unspecified atom stereocenters. The van der Waals surface area contributed by atoms with Gasteiger partial charge in [-0.15, -0.1) is 0 Å². The van der Waals surface area contributed by atoms with Crippen molar-refractivity contribution in [2.24, 2.45) is 0 Å². The fourth-order valence-corrected chi connectivity index (χ4v) is 2.32. The number of aromatic nitrogens is 2. The molecule has 0 amide bonds. The van der Waals surface area contributed by atoms with Crippen LogP contribution in [0.25, 0.3) is 11.5 Å². The lowest BCUT2D eigenvalue weighted by Crippen LogP contribution is -2.36. The van der Waals surface area contributed by atoms with Gasteiger partial charge in [0.1, 0.15) is 0 Å². The smallest absolute Gasteiger partial charge is 0.263 e. The molecule has 1 saturated heterocycles. The van der Waals surface area contributed by atoms with Gasteiger partial charge >= 0.3 is 0 Å². The third kappa shape index (κ3) is 2.93. The number of likely N-dealkylation sites (tertiary alicyclic amines) is 1. The van der Waals surface area contributed by atoms with Crippen LogP contribution >= 0.6 is 0 Å². The van der Waals surface area contributed by atoms with Crippen LogP contribution in [-0.2, 0) is 0 Å². The summed E-state index contributed by atoms with van der Waals surface area (Å²) in [6.07, 6.45) is 2.23. The molecule has 19 heavy (non-hydrogen) atoms. The van der Waals surface area contributed by atoms with Crippen molar-refractivity contribution in [3.63, 3.8) is 0 Å². The van der Waals surface area contributed by atoms with Crippen molar-refractivity contribution in [2.45, 2.75) is 18.9 Å². The molecule has 0 aliphatic carbocycles. The van der Waals surface area contributed by atoms with E-state index in [-0.39, 0.29) is 0 Å². The SMILES string of the molecule is CN1CCC(Nc2noc(-c3ccccc3)n2)CC1. The third-order valence-electron chi connectivity index (χ3n) is 3.50. The van der Waals surface area contributed by atoms with Crippen molar-refractivity contribution in [3.05, 3.63) is 30.3 Å². The van der Waals surface area contributed by atoms with E-state index in [2.05, 4.69) is 27.4 Å². The Balaban J connectivity index is 1.65. The van der Waals surface area contributed by atoms with Crippen LogP contribution in [0.2, 0.25) is 0 Å². The highest BCUT2D eigenvalue weighted by Gasteiger charge is 2.18. The van der Waals surface area contributed by atoms with E-state index >= 15 is 0 Å². The van der Waals surface area contributed by atoms with E-state index in [1.54, 1.807) is 0 Å². The second-order valence-corrected chi connectivity index (χ2v) is 5.01. The molecule has 100 valence electrons. The highest BCUT2D eigenvalue weighted by molar-refractivity contribution is 5.53. The molecule has 2 aromatic rings. The fourth-order valence-electron chi connectivity index (χ4n) is 2.32. The number of hydrogen-bond donors (Lipinski definition) is 1. The number of hydrogen-bond acceptors (Lipinski definition) is 5.